The summed E-state index contributed by atoms with van der Waals surface area (Å²) in [6.07, 6.45) is 4.72. The van der Waals surface area contributed by atoms with Gasteiger partial charge in [0.25, 0.3) is 0 Å². The minimum absolute atomic E-state index is 0.0636. The third kappa shape index (κ3) is 3.74. The summed E-state index contributed by atoms with van der Waals surface area (Å²) < 4.78 is 0.903. The number of aryl methyl sites for hydroxylation is 1. The second-order valence-electron chi connectivity index (χ2n) is 5.26. The largest absolute Gasteiger partial charge is 0.337 e. The van der Waals surface area contributed by atoms with Gasteiger partial charge in [-0.05, 0) is 26.7 Å². The Bertz CT molecular complexity index is 515. The highest BCUT2D eigenvalue weighted by molar-refractivity contribution is 8.02. The molecule has 0 bridgehead atoms. The molecule has 1 aliphatic rings. The molecule has 4 nitrogen and oxygen atoms in total. The molecule has 1 N–H and O–H groups in total. The fourth-order valence-electron chi connectivity index (χ4n) is 2.35. The van der Waals surface area contributed by atoms with E-state index in [4.69, 9.17) is 0 Å². The fraction of sp³-hybridized carbons (Fsp3) is 0.643. The van der Waals surface area contributed by atoms with Crippen LogP contribution in [0.3, 0.4) is 0 Å². The number of aromatic nitrogens is 1. The summed E-state index contributed by atoms with van der Waals surface area (Å²) in [5, 5.41) is 14.1. The molecule has 0 saturated heterocycles. The minimum atomic E-state index is -0.650. The smallest absolute Gasteiger partial charge is 0.234 e. The van der Waals surface area contributed by atoms with Crippen molar-refractivity contribution in [3.8, 4) is 6.07 Å². The molecule has 108 valence electrons. The zero-order valence-electron chi connectivity index (χ0n) is 11.8. The third-order valence-corrected chi connectivity index (χ3v) is 5.72. The van der Waals surface area contributed by atoms with E-state index in [0.717, 1.165) is 42.1 Å². The van der Waals surface area contributed by atoms with Gasteiger partial charge in [0.05, 0.1) is 11.3 Å². The molecule has 1 saturated carbocycles. The molecule has 1 atom stereocenters. The highest BCUT2D eigenvalue weighted by Crippen LogP contribution is 2.30. The lowest BCUT2D eigenvalue weighted by Crippen LogP contribution is -2.50. The predicted octanol–water partition coefficient (Wildman–Crippen LogP) is 3.27. The van der Waals surface area contributed by atoms with Crippen LogP contribution in [0, 0.1) is 18.3 Å². The normalized spacial score (nSPS) is 19.1. The van der Waals surface area contributed by atoms with Gasteiger partial charge >= 0.3 is 0 Å². The van der Waals surface area contributed by atoms with Crippen molar-refractivity contribution in [3.05, 3.63) is 11.1 Å². The average Bonchev–Trinajstić information content (AvgIpc) is 2.85. The SMILES string of the molecule is Cc1csc(S[C@@H](C)C(=O)NC2(C#N)CCCCC2)n1. The summed E-state index contributed by atoms with van der Waals surface area (Å²) in [7, 11) is 0. The lowest BCUT2D eigenvalue weighted by molar-refractivity contribution is -0.121. The van der Waals surface area contributed by atoms with E-state index < -0.39 is 5.54 Å². The van der Waals surface area contributed by atoms with Crippen LogP contribution < -0.4 is 5.32 Å². The summed E-state index contributed by atoms with van der Waals surface area (Å²) in [6, 6.07) is 2.32. The van der Waals surface area contributed by atoms with Gasteiger partial charge in [-0.3, -0.25) is 4.79 Å². The average molecular weight is 309 g/mol. The first-order chi connectivity index (χ1) is 9.54. The van der Waals surface area contributed by atoms with E-state index in [9.17, 15) is 10.1 Å². The first-order valence-corrected chi connectivity index (χ1v) is 8.63. The van der Waals surface area contributed by atoms with Crippen LogP contribution in [0.25, 0.3) is 0 Å². The maximum atomic E-state index is 12.3. The van der Waals surface area contributed by atoms with Crippen LogP contribution in [0.2, 0.25) is 0 Å². The molecule has 0 aromatic carbocycles. The van der Waals surface area contributed by atoms with Gasteiger partial charge in [0.15, 0.2) is 4.34 Å². The first-order valence-electron chi connectivity index (χ1n) is 6.87. The van der Waals surface area contributed by atoms with Crippen LogP contribution >= 0.6 is 23.1 Å². The number of rotatable bonds is 4. The molecule has 1 aliphatic carbocycles. The van der Waals surface area contributed by atoms with Crippen molar-refractivity contribution >= 4 is 29.0 Å². The van der Waals surface area contributed by atoms with Gasteiger partial charge in [-0.15, -0.1) is 11.3 Å². The van der Waals surface area contributed by atoms with Crippen molar-refractivity contribution in [2.45, 2.75) is 61.1 Å². The van der Waals surface area contributed by atoms with Gasteiger partial charge in [0.2, 0.25) is 5.91 Å². The van der Waals surface area contributed by atoms with Gasteiger partial charge in [-0.2, -0.15) is 5.26 Å². The number of carbonyl (C=O) groups excluding carboxylic acids is 1. The quantitative estimate of drug-likeness (QED) is 0.867. The van der Waals surface area contributed by atoms with E-state index >= 15 is 0 Å². The van der Waals surface area contributed by atoms with E-state index in [1.807, 2.05) is 19.2 Å². The molecule has 1 fully saturated rings. The van der Waals surface area contributed by atoms with Crippen LogP contribution in [0.5, 0.6) is 0 Å². The lowest BCUT2D eigenvalue weighted by atomic mass is 9.83. The summed E-state index contributed by atoms with van der Waals surface area (Å²) >= 11 is 3.01. The maximum Gasteiger partial charge on any atom is 0.234 e. The van der Waals surface area contributed by atoms with Gasteiger partial charge in [0, 0.05) is 11.1 Å². The molecule has 0 aliphatic heterocycles. The third-order valence-electron chi connectivity index (χ3n) is 3.53. The van der Waals surface area contributed by atoms with Crippen LogP contribution in [-0.2, 0) is 4.79 Å². The van der Waals surface area contributed by atoms with E-state index in [1.165, 1.54) is 11.8 Å². The number of nitrogens with zero attached hydrogens (tertiary/aromatic N) is 2. The molecule has 6 heteroatoms. The van der Waals surface area contributed by atoms with E-state index in [1.54, 1.807) is 11.3 Å². The summed E-state index contributed by atoms with van der Waals surface area (Å²) in [6.45, 7) is 3.81. The summed E-state index contributed by atoms with van der Waals surface area (Å²) in [5.74, 6) is -0.0636. The Hall–Kier alpha value is -1.06. The Morgan fingerprint density at radius 1 is 1.55 bits per heavy atom. The molecule has 0 spiro atoms. The number of hydrogen-bond acceptors (Lipinski definition) is 5. The van der Waals surface area contributed by atoms with Crippen molar-refractivity contribution in [3.63, 3.8) is 0 Å². The zero-order chi connectivity index (χ0) is 14.6. The molecule has 1 amide bonds. The maximum absolute atomic E-state index is 12.3. The number of carbonyl (C=O) groups is 1. The van der Waals surface area contributed by atoms with Crippen molar-refractivity contribution < 1.29 is 4.79 Å². The molecule has 1 aromatic rings. The summed E-state index contributed by atoms with van der Waals surface area (Å²) in [4.78, 5) is 16.6. The standard InChI is InChI=1S/C14H19N3OS2/c1-10-8-19-13(16-10)20-11(2)12(18)17-14(9-15)6-4-3-5-7-14/h8,11H,3-7H2,1-2H3,(H,17,18)/t11-/m0/s1. The fourth-order valence-corrected chi connectivity index (χ4v) is 4.33. The lowest BCUT2D eigenvalue weighted by Gasteiger charge is -2.32. The molecule has 2 rings (SSSR count). The molecular weight excluding hydrogens is 290 g/mol. The van der Waals surface area contributed by atoms with Crippen LogP contribution in [0.1, 0.15) is 44.7 Å². The second-order valence-corrected chi connectivity index (χ2v) is 7.70. The van der Waals surface area contributed by atoms with E-state index in [2.05, 4.69) is 16.4 Å². The first kappa shape index (κ1) is 15.3. The summed E-state index contributed by atoms with van der Waals surface area (Å²) in [5.41, 5.74) is 0.328. The predicted molar refractivity (Wildman–Crippen MR) is 81.7 cm³/mol. The van der Waals surface area contributed by atoms with Gasteiger partial charge in [-0.25, -0.2) is 4.98 Å². The molecule has 0 radical (unpaired) electrons. The molecule has 1 heterocycles. The topological polar surface area (TPSA) is 65.8 Å². The second kappa shape index (κ2) is 6.59. The Kier molecular flexibility index (Phi) is 5.06. The van der Waals surface area contributed by atoms with Gasteiger partial charge < -0.3 is 5.32 Å². The number of amides is 1. The number of thioether (sulfide) groups is 1. The Labute approximate surface area is 128 Å². The zero-order valence-corrected chi connectivity index (χ0v) is 13.4. The minimum Gasteiger partial charge on any atom is -0.337 e. The Morgan fingerprint density at radius 2 is 2.25 bits per heavy atom. The van der Waals surface area contributed by atoms with Gasteiger partial charge in [0.1, 0.15) is 5.54 Å². The van der Waals surface area contributed by atoms with Gasteiger partial charge in [-0.1, -0.05) is 31.0 Å². The Balaban J connectivity index is 1.94. The molecular formula is C14H19N3OS2. The van der Waals surface area contributed by atoms with Crippen LogP contribution in [0.15, 0.2) is 9.72 Å². The van der Waals surface area contributed by atoms with Crippen molar-refractivity contribution in [2.75, 3.05) is 0 Å². The number of nitrogens with one attached hydrogen (secondary N) is 1. The number of hydrogen-bond donors (Lipinski definition) is 1. The van der Waals surface area contributed by atoms with Crippen molar-refractivity contribution in [1.82, 2.24) is 10.3 Å². The van der Waals surface area contributed by atoms with E-state index in [0.29, 0.717) is 0 Å². The molecule has 1 aromatic heterocycles. The monoisotopic (exact) mass is 309 g/mol. The highest BCUT2D eigenvalue weighted by atomic mass is 32.2. The molecule has 0 unspecified atom stereocenters. The van der Waals surface area contributed by atoms with Crippen LogP contribution in [-0.4, -0.2) is 21.7 Å². The highest BCUT2D eigenvalue weighted by Gasteiger charge is 2.34. The van der Waals surface area contributed by atoms with Crippen LogP contribution in [0.4, 0.5) is 0 Å². The van der Waals surface area contributed by atoms with E-state index in [-0.39, 0.29) is 11.2 Å². The number of nitriles is 1. The van der Waals surface area contributed by atoms with Crippen molar-refractivity contribution in [2.24, 2.45) is 0 Å². The number of thiazole rings is 1. The van der Waals surface area contributed by atoms with Crippen molar-refractivity contribution in [1.29, 1.82) is 5.26 Å². The Morgan fingerprint density at radius 3 is 2.80 bits per heavy atom. The molecule has 20 heavy (non-hydrogen) atoms.